The molecule has 0 amide bonds. The van der Waals surface area contributed by atoms with Crippen LogP contribution in [0.25, 0.3) is 0 Å². The number of rotatable bonds is 2. The molecule has 0 radical (unpaired) electrons. The lowest BCUT2D eigenvalue weighted by atomic mass is 10.1. The average molecular weight is 228 g/mol. The monoisotopic (exact) mass is 228 g/mol. The van der Waals surface area contributed by atoms with Crippen LogP contribution in [-0.2, 0) is 9.53 Å². The Balaban J connectivity index is 2.02. The van der Waals surface area contributed by atoms with Gasteiger partial charge in [-0.2, -0.15) is 0 Å². The lowest BCUT2D eigenvalue weighted by Crippen LogP contribution is -2.15. The van der Waals surface area contributed by atoms with Gasteiger partial charge in [0.25, 0.3) is 0 Å². The maximum atomic E-state index is 11.6. The highest BCUT2D eigenvalue weighted by atomic mass is 16.6. The largest absolute Gasteiger partial charge is 0.386 e. The summed E-state index contributed by atoms with van der Waals surface area (Å²) in [4.78, 5) is 23.2. The quantitative estimate of drug-likeness (QED) is 0.577. The number of allylic oxidation sites excluding steroid dienone is 3. The Morgan fingerprint density at radius 2 is 1.82 bits per heavy atom. The zero-order valence-electron chi connectivity index (χ0n) is 9.26. The molecule has 0 heterocycles. The maximum absolute atomic E-state index is 11.6. The fraction of sp³-hybridized carbons (Fsp3) is 0.143. The van der Waals surface area contributed by atoms with Gasteiger partial charge >= 0.3 is 11.9 Å². The van der Waals surface area contributed by atoms with E-state index in [2.05, 4.69) is 0 Å². The van der Waals surface area contributed by atoms with E-state index in [0.717, 1.165) is 6.42 Å². The van der Waals surface area contributed by atoms with Crippen molar-refractivity contribution in [2.24, 2.45) is 0 Å². The van der Waals surface area contributed by atoms with E-state index in [1.807, 2.05) is 6.08 Å². The van der Waals surface area contributed by atoms with Gasteiger partial charge in [-0.3, -0.25) is 0 Å². The van der Waals surface area contributed by atoms with E-state index in [1.165, 1.54) is 0 Å². The number of ether oxygens (including phenoxy) is 1. The fourth-order valence-electron chi connectivity index (χ4n) is 1.56. The zero-order chi connectivity index (χ0) is 12.1. The maximum Gasteiger partial charge on any atom is 0.346 e. The zero-order valence-corrected chi connectivity index (χ0v) is 9.26. The smallest absolute Gasteiger partial charge is 0.346 e. The first kappa shape index (κ1) is 11.3. The van der Waals surface area contributed by atoms with Crippen molar-refractivity contribution < 1.29 is 14.3 Å². The minimum Gasteiger partial charge on any atom is -0.386 e. The van der Waals surface area contributed by atoms with Gasteiger partial charge in [0.05, 0.1) is 5.56 Å². The molecule has 17 heavy (non-hydrogen) atoms. The molecule has 0 saturated heterocycles. The summed E-state index contributed by atoms with van der Waals surface area (Å²) in [5.41, 5.74) is 0.921. The van der Waals surface area contributed by atoms with Gasteiger partial charge in [-0.25, -0.2) is 9.59 Å². The van der Waals surface area contributed by atoms with E-state index in [4.69, 9.17) is 4.74 Å². The molecule has 0 N–H and O–H groups in total. The van der Waals surface area contributed by atoms with Gasteiger partial charge in [0.2, 0.25) is 0 Å². The molecule has 0 spiro atoms. The van der Waals surface area contributed by atoms with Crippen LogP contribution in [0.4, 0.5) is 0 Å². The molecular formula is C14H12O3. The molecule has 1 aromatic rings. The molecular weight excluding hydrogens is 216 g/mol. The molecule has 0 bridgehead atoms. The summed E-state index contributed by atoms with van der Waals surface area (Å²) in [6.45, 7) is 0. The van der Waals surface area contributed by atoms with Crippen molar-refractivity contribution in [2.75, 3.05) is 0 Å². The highest BCUT2D eigenvalue weighted by Crippen LogP contribution is 2.14. The normalized spacial score (nSPS) is 14.0. The lowest BCUT2D eigenvalue weighted by Gasteiger charge is -2.07. The molecule has 86 valence electrons. The van der Waals surface area contributed by atoms with Crippen LogP contribution in [0.15, 0.2) is 54.1 Å². The molecule has 0 aliphatic heterocycles. The Morgan fingerprint density at radius 1 is 1.06 bits per heavy atom. The number of carbonyl (C=O) groups excluding carboxylic acids is 2. The third-order valence-electron chi connectivity index (χ3n) is 2.47. The number of esters is 2. The molecule has 2 rings (SSSR count). The van der Waals surface area contributed by atoms with Crippen molar-refractivity contribution in [3.05, 3.63) is 59.7 Å². The Kier molecular flexibility index (Phi) is 3.50. The first-order valence-electron chi connectivity index (χ1n) is 5.44. The van der Waals surface area contributed by atoms with Crippen LogP contribution in [-0.4, -0.2) is 11.9 Å². The average Bonchev–Trinajstić information content (AvgIpc) is 2.40. The third kappa shape index (κ3) is 2.91. The number of carbonyl (C=O) groups is 2. The molecule has 0 atom stereocenters. The van der Waals surface area contributed by atoms with Gasteiger partial charge in [-0.1, -0.05) is 36.4 Å². The van der Waals surface area contributed by atoms with Crippen molar-refractivity contribution in [3.8, 4) is 0 Å². The van der Waals surface area contributed by atoms with Gasteiger partial charge in [0.1, 0.15) is 0 Å². The van der Waals surface area contributed by atoms with Gasteiger partial charge in [-0.05, 0) is 25.0 Å². The minimum absolute atomic E-state index is 0.382. The summed E-state index contributed by atoms with van der Waals surface area (Å²) in [5, 5.41) is 0. The lowest BCUT2D eigenvalue weighted by molar-refractivity contribution is -0.133. The Morgan fingerprint density at radius 3 is 2.47 bits per heavy atom. The highest BCUT2D eigenvalue weighted by Gasteiger charge is 2.16. The SMILES string of the molecule is O=C(OC(=O)c1ccccc1)C1=CC=CCC1. The number of benzene rings is 1. The molecule has 1 aliphatic rings. The second-order valence-electron chi connectivity index (χ2n) is 3.70. The van der Waals surface area contributed by atoms with Crippen molar-refractivity contribution >= 4 is 11.9 Å². The third-order valence-corrected chi connectivity index (χ3v) is 2.47. The van der Waals surface area contributed by atoms with Crippen LogP contribution in [0.3, 0.4) is 0 Å². The van der Waals surface area contributed by atoms with E-state index in [9.17, 15) is 9.59 Å². The van der Waals surface area contributed by atoms with E-state index in [-0.39, 0.29) is 0 Å². The van der Waals surface area contributed by atoms with E-state index >= 15 is 0 Å². The van der Waals surface area contributed by atoms with Crippen LogP contribution in [0.1, 0.15) is 23.2 Å². The van der Waals surface area contributed by atoms with Crippen molar-refractivity contribution in [3.63, 3.8) is 0 Å². The van der Waals surface area contributed by atoms with E-state index < -0.39 is 11.9 Å². The molecule has 0 saturated carbocycles. The Bertz CT molecular complexity index is 483. The van der Waals surface area contributed by atoms with Gasteiger partial charge < -0.3 is 4.74 Å². The molecule has 1 aliphatic carbocycles. The highest BCUT2D eigenvalue weighted by molar-refractivity contribution is 6.02. The van der Waals surface area contributed by atoms with Crippen molar-refractivity contribution in [1.29, 1.82) is 0 Å². The van der Waals surface area contributed by atoms with Gasteiger partial charge in [0.15, 0.2) is 0 Å². The summed E-state index contributed by atoms with van der Waals surface area (Å²) >= 11 is 0. The summed E-state index contributed by atoms with van der Waals surface area (Å²) in [6.07, 6.45) is 6.88. The summed E-state index contributed by atoms with van der Waals surface area (Å²) in [5.74, 6) is -1.16. The number of hydrogen-bond donors (Lipinski definition) is 0. The van der Waals surface area contributed by atoms with Crippen LogP contribution < -0.4 is 0 Å². The summed E-state index contributed by atoms with van der Waals surface area (Å²) < 4.78 is 4.80. The second-order valence-corrected chi connectivity index (χ2v) is 3.70. The molecule has 3 heteroatoms. The second kappa shape index (κ2) is 5.25. The Labute approximate surface area is 99.4 Å². The molecule has 0 aromatic heterocycles. The fourth-order valence-corrected chi connectivity index (χ4v) is 1.56. The Hall–Kier alpha value is -2.16. The number of hydrogen-bond acceptors (Lipinski definition) is 3. The minimum atomic E-state index is -0.606. The molecule has 3 nitrogen and oxygen atoms in total. The first-order chi connectivity index (χ1) is 8.27. The summed E-state index contributed by atoms with van der Waals surface area (Å²) in [6, 6.07) is 8.48. The van der Waals surface area contributed by atoms with Crippen LogP contribution in [0.2, 0.25) is 0 Å². The van der Waals surface area contributed by atoms with Gasteiger partial charge in [-0.15, -0.1) is 0 Å². The van der Waals surface area contributed by atoms with E-state index in [1.54, 1.807) is 42.5 Å². The van der Waals surface area contributed by atoms with Crippen molar-refractivity contribution in [2.45, 2.75) is 12.8 Å². The predicted octanol–water partition coefficient (Wildman–Crippen LogP) is 2.65. The summed E-state index contributed by atoms with van der Waals surface area (Å²) in [7, 11) is 0. The van der Waals surface area contributed by atoms with Gasteiger partial charge in [0, 0.05) is 5.57 Å². The molecule has 0 unspecified atom stereocenters. The molecule has 0 fully saturated rings. The molecule has 1 aromatic carbocycles. The standard InChI is InChI=1S/C14H12O3/c15-13(11-7-3-1-4-8-11)17-14(16)12-9-5-2-6-10-12/h1-5,7-9H,6,10H2. The van der Waals surface area contributed by atoms with E-state index in [0.29, 0.717) is 17.6 Å². The first-order valence-corrected chi connectivity index (χ1v) is 5.44. The van der Waals surface area contributed by atoms with Crippen LogP contribution >= 0.6 is 0 Å². The van der Waals surface area contributed by atoms with Crippen molar-refractivity contribution in [1.82, 2.24) is 0 Å². The van der Waals surface area contributed by atoms with Crippen LogP contribution in [0, 0.1) is 0 Å². The topological polar surface area (TPSA) is 43.4 Å². The van der Waals surface area contributed by atoms with Crippen LogP contribution in [0.5, 0.6) is 0 Å². The predicted molar refractivity (Wildman–Crippen MR) is 63.3 cm³/mol.